The highest BCUT2D eigenvalue weighted by Gasteiger charge is 2.60. The van der Waals surface area contributed by atoms with Crippen LogP contribution in [0.1, 0.15) is 46.6 Å². The van der Waals surface area contributed by atoms with Crippen LogP contribution in [0.5, 0.6) is 0 Å². The number of carboxylic acids is 1. The quantitative estimate of drug-likeness (QED) is 0.698. The van der Waals surface area contributed by atoms with Gasteiger partial charge >= 0.3 is 12.1 Å². The molecule has 7 heteroatoms. The number of carboxylic acid groups (broad SMARTS) is 1. The van der Waals surface area contributed by atoms with Crippen molar-refractivity contribution in [2.75, 3.05) is 0 Å². The standard InChI is InChI=1S/C22H31NO6/c1-7-16-18(23-19(26)27-14-15-11-9-8-10-12-15)22(13-17(24)25,20(2,3)4)29-21(5,6)28-16/h7-12,16,18H,1,13-14H2,2-6H3,(H,23,26)(H,24,25)/t16-,18-,22-/m1/s1. The van der Waals surface area contributed by atoms with E-state index < -0.39 is 41.0 Å². The normalized spacial score (nSPS) is 26.4. The predicted octanol–water partition coefficient (Wildman–Crippen LogP) is 3.88. The van der Waals surface area contributed by atoms with Crippen LogP contribution in [0.3, 0.4) is 0 Å². The summed E-state index contributed by atoms with van der Waals surface area (Å²) in [4.78, 5) is 24.4. The Morgan fingerprint density at radius 2 is 1.90 bits per heavy atom. The summed E-state index contributed by atoms with van der Waals surface area (Å²) in [5, 5.41) is 12.4. The lowest BCUT2D eigenvalue weighted by Gasteiger charge is -2.57. The minimum absolute atomic E-state index is 0.0901. The van der Waals surface area contributed by atoms with E-state index in [2.05, 4.69) is 11.9 Å². The van der Waals surface area contributed by atoms with Gasteiger partial charge in [-0.1, -0.05) is 57.2 Å². The van der Waals surface area contributed by atoms with E-state index in [1.807, 2.05) is 51.1 Å². The monoisotopic (exact) mass is 405 g/mol. The van der Waals surface area contributed by atoms with E-state index >= 15 is 0 Å². The lowest BCUT2D eigenvalue weighted by atomic mass is 9.67. The highest BCUT2D eigenvalue weighted by Crippen LogP contribution is 2.47. The summed E-state index contributed by atoms with van der Waals surface area (Å²) in [5.74, 6) is -2.10. The fourth-order valence-electron chi connectivity index (χ4n) is 3.72. The number of carbonyl (C=O) groups excluding carboxylic acids is 1. The van der Waals surface area contributed by atoms with Crippen LogP contribution in [0.2, 0.25) is 0 Å². The van der Waals surface area contributed by atoms with Gasteiger partial charge in [-0.05, 0) is 24.8 Å². The third kappa shape index (κ3) is 5.36. The van der Waals surface area contributed by atoms with Crippen LogP contribution in [0, 0.1) is 5.41 Å². The van der Waals surface area contributed by atoms with Crippen LogP contribution in [0.25, 0.3) is 0 Å². The molecule has 1 aliphatic heterocycles. The number of hydrogen-bond donors (Lipinski definition) is 2. The van der Waals surface area contributed by atoms with Crippen LogP contribution >= 0.6 is 0 Å². The number of alkyl carbamates (subject to hydrolysis) is 1. The maximum absolute atomic E-state index is 12.6. The lowest BCUT2D eigenvalue weighted by molar-refractivity contribution is -0.357. The SMILES string of the molecule is C=C[C@H]1OC(C)(C)O[C@@](CC(=O)O)(C(C)(C)C)[C@@H]1NC(=O)OCc1ccccc1. The van der Waals surface area contributed by atoms with Crippen molar-refractivity contribution in [2.24, 2.45) is 5.41 Å². The van der Waals surface area contributed by atoms with E-state index in [4.69, 9.17) is 14.2 Å². The minimum atomic E-state index is -1.26. The molecule has 0 radical (unpaired) electrons. The second-order valence-corrected chi connectivity index (χ2v) is 8.71. The van der Waals surface area contributed by atoms with Gasteiger partial charge in [0.15, 0.2) is 5.79 Å². The van der Waals surface area contributed by atoms with E-state index in [1.165, 1.54) is 0 Å². The van der Waals surface area contributed by atoms with Gasteiger partial charge in [0.1, 0.15) is 18.3 Å². The number of rotatable bonds is 6. The Hall–Kier alpha value is -2.38. The van der Waals surface area contributed by atoms with E-state index in [9.17, 15) is 14.7 Å². The molecule has 0 unspecified atom stereocenters. The van der Waals surface area contributed by atoms with Gasteiger partial charge in [-0.25, -0.2) is 4.79 Å². The molecule has 0 aliphatic carbocycles. The molecule has 2 rings (SSSR count). The number of amides is 1. The third-order valence-electron chi connectivity index (χ3n) is 5.08. The molecule has 2 N–H and O–H groups in total. The Bertz CT molecular complexity index is 739. The number of benzene rings is 1. The van der Waals surface area contributed by atoms with Gasteiger partial charge in [-0.2, -0.15) is 0 Å². The number of nitrogens with one attached hydrogen (secondary N) is 1. The van der Waals surface area contributed by atoms with E-state index in [1.54, 1.807) is 19.9 Å². The molecule has 1 fully saturated rings. The number of aliphatic carboxylic acids is 1. The van der Waals surface area contributed by atoms with E-state index in [-0.39, 0.29) is 13.0 Å². The second kappa shape index (κ2) is 8.55. The molecule has 1 amide bonds. The first-order valence-electron chi connectivity index (χ1n) is 9.60. The van der Waals surface area contributed by atoms with E-state index in [0.29, 0.717) is 0 Å². The van der Waals surface area contributed by atoms with Gasteiger partial charge in [0.05, 0.1) is 12.5 Å². The maximum atomic E-state index is 12.6. The van der Waals surface area contributed by atoms with Crippen molar-refractivity contribution in [3.63, 3.8) is 0 Å². The summed E-state index contributed by atoms with van der Waals surface area (Å²) >= 11 is 0. The van der Waals surface area contributed by atoms with Gasteiger partial charge in [0.25, 0.3) is 0 Å². The Labute approximate surface area is 172 Å². The Kier molecular flexibility index (Phi) is 6.75. The topological polar surface area (TPSA) is 94.1 Å². The van der Waals surface area contributed by atoms with Crippen LogP contribution in [0.15, 0.2) is 43.0 Å². The summed E-state index contributed by atoms with van der Waals surface area (Å²) in [6.45, 7) is 13.0. The molecule has 1 aliphatic rings. The van der Waals surface area contributed by atoms with Crippen molar-refractivity contribution < 1.29 is 28.9 Å². The molecule has 29 heavy (non-hydrogen) atoms. The van der Waals surface area contributed by atoms with Crippen LogP contribution < -0.4 is 5.32 Å². The third-order valence-corrected chi connectivity index (χ3v) is 5.08. The summed E-state index contributed by atoms with van der Waals surface area (Å²) in [5.41, 5.74) is -1.07. The summed E-state index contributed by atoms with van der Waals surface area (Å²) < 4.78 is 17.5. The first kappa shape index (κ1) is 22.9. The zero-order chi connectivity index (χ0) is 21.9. The van der Waals surface area contributed by atoms with Gasteiger partial charge in [-0.3, -0.25) is 4.79 Å². The fraction of sp³-hybridized carbons (Fsp3) is 0.545. The Morgan fingerprint density at radius 3 is 2.41 bits per heavy atom. The number of hydrogen-bond acceptors (Lipinski definition) is 5. The first-order chi connectivity index (χ1) is 13.4. The average molecular weight is 405 g/mol. The van der Waals surface area contributed by atoms with Crippen molar-refractivity contribution in [3.05, 3.63) is 48.6 Å². The molecule has 0 bridgehead atoms. The minimum Gasteiger partial charge on any atom is -0.481 e. The van der Waals surface area contributed by atoms with Crippen LogP contribution in [-0.4, -0.2) is 40.7 Å². The molecular weight excluding hydrogens is 374 g/mol. The second-order valence-electron chi connectivity index (χ2n) is 8.71. The molecular formula is C22H31NO6. The zero-order valence-corrected chi connectivity index (χ0v) is 17.7. The highest BCUT2D eigenvalue weighted by atomic mass is 16.7. The van der Waals surface area contributed by atoms with Crippen molar-refractivity contribution >= 4 is 12.1 Å². The fourth-order valence-corrected chi connectivity index (χ4v) is 3.72. The van der Waals surface area contributed by atoms with Crippen molar-refractivity contribution in [1.29, 1.82) is 0 Å². The zero-order valence-electron chi connectivity index (χ0n) is 17.7. The number of carbonyl (C=O) groups is 2. The molecule has 0 saturated carbocycles. The highest BCUT2D eigenvalue weighted by molar-refractivity contribution is 5.71. The molecule has 1 heterocycles. The summed E-state index contributed by atoms with van der Waals surface area (Å²) in [6.07, 6.45) is -0.121. The Balaban J connectivity index is 2.32. The molecule has 1 saturated heterocycles. The maximum Gasteiger partial charge on any atom is 0.407 e. The lowest BCUT2D eigenvalue weighted by Crippen LogP contribution is -2.72. The predicted molar refractivity (Wildman–Crippen MR) is 108 cm³/mol. The Morgan fingerprint density at radius 1 is 1.28 bits per heavy atom. The summed E-state index contributed by atoms with van der Waals surface area (Å²) in [7, 11) is 0. The molecule has 7 nitrogen and oxygen atoms in total. The van der Waals surface area contributed by atoms with Gasteiger partial charge in [0, 0.05) is 0 Å². The molecule has 160 valence electrons. The molecule has 3 atom stereocenters. The van der Waals surface area contributed by atoms with Crippen molar-refractivity contribution in [1.82, 2.24) is 5.32 Å². The number of ether oxygens (including phenoxy) is 3. The molecule has 1 aromatic carbocycles. The molecule has 0 spiro atoms. The van der Waals surface area contributed by atoms with Gasteiger partial charge < -0.3 is 24.6 Å². The smallest absolute Gasteiger partial charge is 0.407 e. The summed E-state index contributed by atoms with van der Waals surface area (Å²) in [6, 6.07) is 8.46. The van der Waals surface area contributed by atoms with Crippen LogP contribution in [0.4, 0.5) is 4.79 Å². The average Bonchev–Trinajstić information content (AvgIpc) is 2.61. The van der Waals surface area contributed by atoms with Crippen molar-refractivity contribution in [2.45, 2.75) is 71.2 Å². The largest absolute Gasteiger partial charge is 0.481 e. The molecule has 1 aromatic rings. The first-order valence-corrected chi connectivity index (χ1v) is 9.60. The van der Waals surface area contributed by atoms with Gasteiger partial charge in [-0.15, -0.1) is 6.58 Å². The van der Waals surface area contributed by atoms with Crippen LogP contribution in [-0.2, 0) is 25.6 Å². The van der Waals surface area contributed by atoms with Gasteiger partial charge in [0.2, 0.25) is 0 Å². The van der Waals surface area contributed by atoms with E-state index in [0.717, 1.165) is 5.56 Å². The van der Waals surface area contributed by atoms with Crippen molar-refractivity contribution in [3.8, 4) is 0 Å². The molecule has 0 aromatic heterocycles.